The van der Waals surface area contributed by atoms with Crippen LogP contribution in [0.3, 0.4) is 0 Å². The van der Waals surface area contributed by atoms with Crippen molar-refractivity contribution >= 4 is 5.69 Å². The average molecular weight is 258 g/mol. The Morgan fingerprint density at radius 1 is 1.16 bits per heavy atom. The third-order valence-electron chi connectivity index (χ3n) is 3.25. The summed E-state index contributed by atoms with van der Waals surface area (Å²) in [5.74, 6) is 0. The number of aryl methyl sites for hydroxylation is 1. The number of rotatable bonds is 7. The molecule has 3 nitrogen and oxygen atoms in total. The summed E-state index contributed by atoms with van der Waals surface area (Å²) in [6, 6.07) is 10.7. The molecule has 0 saturated heterocycles. The fraction of sp³-hybridized carbons (Fsp3) is 0.375. The number of hydrogen-bond acceptors (Lipinski definition) is 3. The third kappa shape index (κ3) is 4.14. The van der Waals surface area contributed by atoms with Crippen molar-refractivity contribution in [2.24, 2.45) is 0 Å². The molecule has 2 aromatic rings. The maximum absolute atomic E-state index is 5.04. The largest absolute Gasteiger partial charge is 0.472 e. The summed E-state index contributed by atoms with van der Waals surface area (Å²) in [7, 11) is 0. The Morgan fingerprint density at radius 3 is 2.58 bits per heavy atom. The Labute approximate surface area is 115 Å². The van der Waals surface area contributed by atoms with Gasteiger partial charge in [0.05, 0.1) is 12.5 Å². The number of anilines is 1. The first kappa shape index (κ1) is 13.7. The Kier molecular flexibility index (Phi) is 5.04. The van der Waals surface area contributed by atoms with Crippen LogP contribution in [0.25, 0.3) is 0 Å². The lowest BCUT2D eigenvalue weighted by molar-refractivity contribution is 0.560. The normalized spacial score (nSPS) is 10.6. The molecule has 0 aliphatic carbocycles. The number of benzene rings is 1. The fourth-order valence-electron chi connectivity index (χ4n) is 2.07. The van der Waals surface area contributed by atoms with Gasteiger partial charge in [0, 0.05) is 37.4 Å². The van der Waals surface area contributed by atoms with Gasteiger partial charge in [-0.3, -0.25) is 0 Å². The number of furan rings is 1. The molecule has 0 fully saturated rings. The van der Waals surface area contributed by atoms with Crippen LogP contribution in [-0.4, -0.2) is 19.6 Å². The number of hydrogen-bond donors (Lipinski definition) is 1. The highest BCUT2D eigenvalue weighted by Gasteiger charge is 2.03. The highest BCUT2D eigenvalue weighted by Crippen LogP contribution is 2.14. The molecule has 1 aromatic carbocycles. The highest BCUT2D eigenvalue weighted by molar-refractivity contribution is 5.47. The van der Waals surface area contributed by atoms with Crippen molar-refractivity contribution in [1.29, 1.82) is 0 Å². The lowest BCUT2D eigenvalue weighted by atomic mass is 10.2. The zero-order valence-electron chi connectivity index (χ0n) is 11.7. The molecule has 3 heteroatoms. The summed E-state index contributed by atoms with van der Waals surface area (Å²) >= 11 is 0. The van der Waals surface area contributed by atoms with E-state index >= 15 is 0 Å². The van der Waals surface area contributed by atoms with Crippen molar-refractivity contribution in [3.8, 4) is 0 Å². The van der Waals surface area contributed by atoms with Crippen LogP contribution >= 0.6 is 0 Å². The second-order valence-electron chi connectivity index (χ2n) is 4.72. The molecule has 0 unspecified atom stereocenters. The zero-order valence-corrected chi connectivity index (χ0v) is 11.7. The Bertz CT molecular complexity index is 462. The lowest BCUT2D eigenvalue weighted by Gasteiger charge is -2.23. The molecule has 102 valence electrons. The van der Waals surface area contributed by atoms with E-state index in [0.717, 1.165) is 26.2 Å². The van der Waals surface area contributed by atoms with Gasteiger partial charge < -0.3 is 14.6 Å². The van der Waals surface area contributed by atoms with Gasteiger partial charge in [-0.15, -0.1) is 0 Å². The average Bonchev–Trinajstić information content (AvgIpc) is 2.93. The van der Waals surface area contributed by atoms with E-state index in [2.05, 4.69) is 48.3 Å². The van der Waals surface area contributed by atoms with Crippen LogP contribution in [-0.2, 0) is 6.54 Å². The summed E-state index contributed by atoms with van der Waals surface area (Å²) < 4.78 is 5.04. The quantitative estimate of drug-likeness (QED) is 0.773. The number of likely N-dealkylation sites (N-methyl/N-ethyl adjacent to an activating group) is 1. The molecule has 1 aromatic heterocycles. The van der Waals surface area contributed by atoms with E-state index in [4.69, 9.17) is 4.42 Å². The SMILES string of the molecule is CCN(CCNCc1ccoc1)c1ccc(C)cc1. The predicted molar refractivity (Wildman–Crippen MR) is 79.5 cm³/mol. The van der Waals surface area contributed by atoms with E-state index in [1.54, 1.807) is 12.5 Å². The minimum absolute atomic E-state index is 0.863. The van der Waals surface area contributed by atoms with Crippen LogP contribution in [0.4, 0.5) is 5.69 Å². The van der Waals surface area contributed by atoms with Gasteiger partial charge in [0.1, 0.15) is 0 Å². The summed E-state index contributed by atoms with van der Waals surface area (Å²) in [5.41, 5.74) is 3.79. The van der Waals surface area contributed by atoms with Crippen LogP contribution in [0.5, 0.6) is 0 Å². The second-order valence-corrected chi connectivity index (χ2v) is 4.72. The van der Waals surface area contributed by atoms with E-state index in [1.807, 2.05) is 6.07 Å². The van der Waals surface area contributed by atoms with E-state index < -0.39 is 0 Å². The molecular formula is C16H22N2O. The number of nitrogens with zero attached hydrogens (tertiary/aromatic N) is 1. The molecule has 1 heterocycles. The predicted octanol–water partition coefficient (Wildman–Crippen LogP) is 3.20. The van der Waals surface area contributed by atoms with E-state index in [9.17, 15) is 0 Å². The topological polar surface area (TPSA) is 28.4 Å². The van der Waals surface area contributed by atoms with Crippen molar-refractivity contribution in [1.82, 2.24) is 5.32 Å². The summed E-state index contributed by atoms with van der Waals surface area (Å²) in [4.78, 5) is 2.38. The molecule has 0 radical (unpaired) electrons. The standard InChI is InChI=1S/C16H22N2O/c1-3-18(16-6-4-14(2)5-7-16)10-9-17-12-15-8-11-19-13-15/h4-8,11,13,17H,3,9-10,12H2,1-2H3. The Hall–Kier alpha value is -1.74. The van der Waals surface area contributed by atoms with Crippen LogP contribution < -0.4 is 10.2 Å². The van der Waals surface area contributed by atoms with E-state index in [1.165, 1.54) is 16.8 Å². The van der Waals surface area contributed by atoms with Crippen molar-refractivity contribution in [2.75, 3.05) is 24.5 Å². The smallest absolute Gasteiger partial charge is 0.0947 e. The molecular weight excluding hydrogens is 236 g/mol. The molecule has 0 amide bonds. The molecule has 0 aliphatic heterocycles. The molecule has 0 saturated carbocycles. The highest BCUT2D eigenvalue weighted by atomic mass is 16.3. The Morgan fingerprint density at radius 2 is 1.95 bits per heavy atom. The van der Waals surface area contributed by atoms with E-state index in [-0.39, 0.29) is 0 Å². The van der Waals surface area contributed by atoms with Crippen LogP contribution in [0.2, 0.25) is 0 Å². The Balaban J connectivity index is 1.77. The first-order valence-corrected chi connectivity index (χ1v) is 6.83. The van der Waals surface area contributed by atoms with Gasteiger partial charge >= 0.3 is 0 Å². The minimum Gasteiger partial charge on any atom is -0.472 e. The van der Waals surface area contributed by atoms with Crippen molar-refractivity contribution in [3.63, 3.8) is 0 Å². The molecule has 0 aliphatic rings. The van der Waals surface area contributed by atoms with Crippen molar-refractivity contribution < 1.29 is 4.42 Å². The lowest BCUT2D eigenvalue weighted by Crippen LogP contribution is -2.31. The van der Waals surface area contributed by atoms with Crippen molar-refractivity contribution in [3.05, 3.63) is 54.0 Å². The van der Waals surface area contributed by atoms with Gasteiger partial charge in [-0.05, 0) is 32.0 Å². The molecule has 19 heavy (non-hydrogen) atoms. The first-order chi connectivity index (χ1) is 9.29. The molecule has 2 rings (SSSR count). The van der Waals surface area contributed by atoms with Gasteiger partial charge in [-0.2, -0.15) is 0 Å². The van der Waals surface area contributed by atoms with Gasteiger partial charge in [0.2, 0.25) is 0 Å². The van der Waals surface area contributed by atoms with Gasteiger partial charge in [0.15, 0.2) is 0 Å². The first-order valence-electron chi connectivity index (χ1n) is 6.83. The molecule has 0 bridgehead atoms. The second kappa shape index (κ2) is 7.00. The zero-order chi connectivity index (χ0) is 13.5. The van der Waals surface area contributed by atoms with Crippen LogP contribution in [0.15, 0.2) is 47.3 Å². The summed E-state index contributed by atoms with van der Waals surface area (Å²) in [5, 5.41) is 3.43. The van der Waals surface area contributed by atoms with Crippen LogP contribution in [0.1, 0.15) is 18.1 Å². The summed E-state index contributed by atoms with van der Waals surface area (Å²) in [6.45, 7) is 8.17. The maximum atomic E-state index is 5.04. The van der Waals surface area contributed by atoms with Gasteiger partial charge in [-0.25, -0.2) is 0 Å². The number of nitrogens with one attached hydrogen (secondary N) is 1. The molecule has 0 spiro atoms. The van der Waals surface area contributed by atoms with Gasteiger partial charge in [0.25, 0.3) is 0 Å². The minimum atomic E-state index is 0.863. The van der Waals surface area contributed by atoms with Crippen LogP contribution in [0, 0.1) is 6.92 Å². The maximum Gasteiger partial charge on any atom is 0.0947 e. The molecule has 0 atom stereocenters. The fourth-order valence-corrected chi connectivity index (χ4v) is 2.07. The summed E-state index contributed by atoms with van der Waals surface area (Å²) in [6.07, 6.45) is 3.49. The monoisotopic (exact) mass is 258 g/mol. The van der Waals surface area contributed by atoms with Crippen molar-refractivity contribution in [2.45, 2.75) is 20.4 Å². The van der Waals surface area contributed by atoms with E-state index in [0.29, 0.717) is 0 Å². The third-order valence-corrected chi connectivity index (χ3v) is 3.25. The molecule has 1 N–H and O–H groups in total. The van der Waals surface area contributed by atoms with Gasteiger partial charge in [-0.1, -0.05) is 17.7 Å².